The summed E-state index contributed by atoms with van der Waals surface area (Å²) >= 11 is 1.28. The third-order valence-corrected chi connectivity index (χ3v) is 7.47. The number of anilines is 1. The number of hydrogen-bond donors (Lipinski definition) is 2. The van der Waals surface area contributed by atoms with E-state index in [1.165, 1.54) is 11.8 Å². The van der Waals surface area contributed by atoms with E-state index in [1.807, 2.05) is 88.6 Å². The molecule has 0 aliphatic heterocycles. The lowest BCUT2D eigenvalue weighted by atomic mass is 10.1. The van der Waals surface area contributed by atoms with Gasteiger partial charge in [-0.2, -0.15) is 0 Å². The summed E-state index contributed by atoms with van der Waals surface area (Å²) < 4.78 is 19.2. The lowest BCUT2D eigenvalue weighted by Gasteiger charge is -2.17. The maximum absolute atomic E-state index is 13.4. The Balaban J connectivity index is 1.55. The summed E-state index contributed by atoms with van der Waals surface area (Å²) in [4.78, 5) is 26.2. The Morgan fingerprint density at radius 2 is 1.52 bits per heavy atom. The molecule has 232 valence electrons. The first-order valence-corrected chi connectivity index (χ1v) is 15.6. The lowest BCUT2D eigenvalue weighted by Crippen LogP contribution is -2.25. The average Bonchev–Trinajstić information content (AvgIpc) is 3.41. The highest BCUT2D eigenvalue weighted by atomic mass is 32.2. The average molecular weight is 618 g/mol. The zero-order valence-electron chi connectivity index (χ0n) is 26.0. The molecule has 1 aromatic heterocycles. The van der Waals surface area contributed by atoms with Gasteiger partial charge in [0.05, 0.1) is 32.1 Å². The predicted molar refractivity (Wildman–Crippen MR) is 172 cm³/mol. The third-order valence-electron chi connectivity index (χ3n) is 6.54. The van der Waals surface area contributed by atoms with E-state index in [9.17, 15) is 9.59 Å². The van der Waals surface area contributed by atoms with Crippen LogP contribution in [0.1, 0.15) is 53.6 Å². The second-order valence-corrected chi connectivity index (χ2v) is 11.0. The van der Waals surface area contributed by atoms with Crippen LogP contribution in [0.25, 0.3) is 5.69 Å². The smallest absolute Gasteiger partial charge is 0.251 e. The van der Waals surface area contributed by atoms with Crippen LogP contribution in [0.5, 0.6) is 17.2 Å². The molecule has 0 saturated heterocycles. The number of benzene rings is 3. The number of thioether (sulfide) groups is 1. The summed E-state index contributed by atoms with van der Waals surface area (Å²) in [7, 11) is 0. The van der Waals surface area contributed by atoms with Gasteiger partial charge in [-0.15, -0.1) is 10.2 Å². The minimum atomic E-state index is -0.337. The lowest BCUT2D eigenvalue weighted by molar-refractivity contribution is -0.113. The van der Waals surface area contributed by atoms with E-state index < -0.39 is 0 Å². The molecule has 0 aliphatic carbocycles. The van der Waals surface area contributed by atoms with E-state index >= 15 is 0 Å². The summed E-state index contributed by atoms with van der Waals surface area (Å²) in [6.45, 7) is 12.9. The van der Waals surface area contributed by atoms with Crippen molar-refractivity contribution >= 4 is 29.3 Å². The number of aryl methyl sites for hydroxylation is 3. The monoisotopic (exact) mass is 617 g/mol. The first kappa shape index (κ1) is 32.4. The van der Waals surface area contributed by atoms with Crippen LogP contribution in [-0.4, -0.2) is 52.2 Å². The zero-order valence-corrected chi connectivity index (χ0v) is 26.8. The summed E-state index contributed by atoms with van der Waals surface area (Å²) in [5.41, 5.74) is 5.08. The number of carbonyl (C=O) groups is 2. The van der Waals surface area contributed by atoms with Gasteiger partial charge in [0.2, 0.25) is 11.7 Å². The van der Waals surface area contributed by atoms with E-state index in [0.29, 0.717) is 53.6 Å². The molecule has 11 heteroatoms. The Morgan fingerprint density at radius 1 is 0.841 bits per heavy atom. The molecule has 0 radical (unpaired) electrons. The molecule has 3 aromatic carbocycles. The van der Waals surface area contributed by atoms with Crippen LogP contribution in [0.2, 0.25) is 0 Å². The van der Waals surface area contributed by atoms with Crippen molar-refractivity contribution in [1.29, 1.82) is 0 Å². The Kier molecular flexibility index (Phi) is 11.3. The van der Waals surface area contributed by atoms with Crippen molar-refractivity contribution in [2.24, 2.45) is 0 Å². The maximum Gasteiger partial charge on any atom is 0.251 e. The molecule has 2 N–H and O–H groups in total. The first-order valence-electron chi connectivity index (χ1n) is 14.6. The van der Waals surface area contributed by atoms with E-state index in [2.05, 4.69) is 20.8 Å². The normalized spacial score (nSPS) is 10.8. The van der Waals surface area contributed by atoms with Crippen molar-refractivity contribution in [1.82, 2.24) is 20.1 Å². The number of carbonyl (C=O) groups excluding carboxylic acids is 2. The van der Waals surface area contributed by atoms with Gasteiger partial charge in [-0.25, -0.2) is 0 Å². The number of nitrogens with one attached hydrogen (secondary N) is 2. The summed E-state index contributed by atoms with van der Waals surface area (Å²) in [5.74, 6) is 1.50. The first-order chi connectivity index (χ1) is 21.2. The molecule has 4 rings (SSSR count). The predicted octanol–water partition coefficient (Wildman–Crippen LogP) is 6.05. The fourth-order valence-electron chi connectivity index (χ4n) is 4.50. The minimum Gasteiger partial charge on any atom is -0.490 e. The SMILES string of the molecule is CCOc1cc(C(=O)NCc2nnc(SCC(=O)Nc3cc(C)ccc3C)n2-c2cccc(C)c2)cc(OCC)c1OCC. The summed E-state index contributed by atoms with van der Waals surface area (Å²) in [6.07, 6.45) is 0. The second-order valence-electron chi connectivity index (χ2n) is 10.0. The Bertz CT molecular complexity index is 1590. The van der Waals surface area contributed by atoms with Crippen LogP contribution in [0.15, 0.2) is 59.8 Å². The van der Waals surface area contributed by atoms with Crippen molar-refractivity contribution in [2.75, 3.05) is 30.9 Å². The van der Waals surface area contributed by atoms with Gasteiger partial charge in [-0.05, 0) is 88.6 Å². The molecular weight excluding hydrogens is 578 g/mol. The van der Waals surface area contributed by atoms with Crippen LogP contribution in [0.4, 0.5) is 5.69 Å². The number of aromatic nitrogens is 3. The molecule has 44 heavy (non-hydrogen) atoms. The largest absolute Gasteiger partial charge is 0.490 e. The molecule has 0 fully saturated rings. The molecule has 10 nitrogen and oxygen atoms in total. The minimum absolute atomic E-state index is 0.0934. The fraction of sp³-hybridized carbons (Fsp3) is 0.333. The van der Waals surface area contributed by atoms with Crippen molar-refractivity contribution in [3.63, 3.8) is 0 Å². The number of amides is 2. The van der Waals surface area contributed by atoms with Crippen molar-refractivity contribution < 1.29 is 23.8 Å². The molecule has 0 spiro atoms. The molecule has 0 aliphatic rings. The highest BCUT2D eigenvalue weighted by Gasteiger charge is 2.21. The van der Waals surface area contributed by atoms with E-state index in [1.54, 1.807) is 12.1 Å². The zero-order chi connectivity index (χ0) is 31.6. The Labute approximate surface area is 262 Å². The Hall–Kier alpha value is -4.51. The highest BCUT2D eigenvalue weighted by Crippen LogP contribution is 2.39. The third kappa shape index (κ3) is 8.10. The molecule has 0 bridgehead atoms. The van der Waals surface area contributed by atoms with Crippen LogP contribution in [-0.2, 0) is 11.3 Å². The number of nitrogens with zero attached hydrogens (tertiary/aromatic N) is 3. The summed E-state index contributed by atoms with van der Waals surface area (Å²) in [6, 6.07) is 17.1. The number of ether oxygens (including phenoxy) is 3. The van der Waals surface area contributed by atoms with Crippen LogP contribution in [0.3, 0.4) is 0 Å². The van der Waals surface area contributed by atoms with Crippen molar-refractivity contribution in [2.45, 2.75) is 53.2 Å². The quantitative estimate of drug-likeness (QED) is 0.164. The van der Waals surface area contributed by atoms with Gasteiger partial charge >= 0.3 is 0 Å². The van der Waals surface area contributed by atoms with Crippen LogP contribution < -0.4 is 24.8 Å². The molecular formula is C33H39N5O5S. The van der Waals surface area contributed by atoms with Crippen molar-refractivity contribution in [3.8, 4) is 22.9 Å². The van der Waals surface area contributed by atoms with E-state index in [4.69, 9.17) is 14.2 Å². The standard InChI is InChI=1S/C33H39N5O5S/c1-7-41-27-17-24(18-28(42-8-2)31(27)43-9-3)32(40)34-19-29-36-37-33(38(29)25-12-10-11-21(4)15-25)44-20-30(39)35-26-16-22(5)13-14-23(26)6/h10-18H,7-9,19-20H2,1-6H3,(H,34,40)(H,35,39). The molecule has 0 atom stereocenters. The van der Waals surface area contributed by atoms with E-state index in [0.717, 1.165) is 28.1 Å². The fourth-order valence-corrected chi connectivity index (χ4v) is 5.27. The highest BCUT2D eigenvalue weighted by molar-refractivity contribution is 7.99. The molecule has 2 amide bonds. The second kappa shape index (κ2) is 15.3. The number of hydrogen-bond acceptors (Lipinski definition) is 8. The van der Waals surface area contributed by atoms with Crippen LogP contribution >= 0.6 is 11.8 Å². The van der Waals surface area contributed by atoms with E-state index in [-0.39, 0.29) is 24.1 Å². The van der Waals surface area contributed by atoms with Crippen LogP contribution in [0, 0.1) is 20.8 Å². The van der Waals surface area contributed by atoms with Gasteiger partial charge in [0.1, 0.15) is 0 Å². The van der Waals surface area contributed by atoms with Gasteiger partial charge in [0.25, 0.3) is 5.91 Å². The maximum atomic E-state index is 13.4. The Morgan fingerprint density at radius 3 is 2.18 bits per heavy atom. The number of rotatable bonds is 14. The summed E-state index contributed by atoms with van der Waals surface area (Å²) in [5, 5.41) is 15.2. The van der Waals surface area contributed by atoms with Gasteiger partial charge in [-0.3, -0.25) is 14.2 Å². The molecule has 0 saturated carbocycles. The van der Waals surface area contributed by atoms with Gasteiger partial charge < -0.3 is 24.8 Å². The molecule has 0 unspecified atom stereocenters. The van der Waals surface area contributed by atoms with Gasteiger partial charge in [0.15, 0.2) is 22.5 Å². The molecule has 4 aromatic rings. The van der Waals surface area contributed by atoms with Gasteiger partial charge in [-0.1, -0.05) is 36.0 Å². The molecule has 1 heterocycles. The van der Waals surface area contributed by atoms with Crippen molar-refractivity contribution in [3.05, 3.63) is 82.7 Å². The topological polar surface area (TPSA) is 117 Å². The van der Waals surface area contributed by atoms with Gasteiger partial charge in [0, 0.05) is 16.9 Å².